The van der Waals surface area contributed by atoms with Crippen LogP contribution in [0.15, 0.2) is 35.1 Å². The first-order valence-electron chi connectivity index (χ1n) is 8.63. The van der Waals surface area contributed by atoms with E-state index in [-0.39, 0.29) is 11.3 Å². The van der Waals surface area contributed by atoms with Gasteiger partial charge in [0, 0.05) is 17.1 Å². The minimum absolute atomic E-state index is 0.341. The highest BCUT2D eigenvalue weighted by atomic mass is 16.7. The number of carbonyl (C=O) groups excluding carboxylic acids is 2. The molecule has 0 spiro atoms. The van der Waals surface area contributed by atoms with Crippen LogP contribution >= 0.6 is 0 Å². The fraction of sp³-hybridized carbons (Fsp3) is 0.579. The SMILES string of the molecule is CC1=CC(O/C=C2/C(=O)OC3C2C=C2CCCC(C)(C)C23O)OC1=O. The van der Waals surface area contributed by atoms with E-state index in [1.54, 1.807) is 13.0 Å². The molecule has 0 aromatic rings. The quantitative estimate of drug-likeness (QED) is 0.357. The van der Waals surface area contributed by atoms with Crippen molar-refractivity contribution in [2.24, 2.45) is 11.3 Å². The molecule has 1 N–H and O–H groups in total. The molecule has 4 rings (SSSR count). The molecule has 0 aromatic heterocycles. The van der Waals surface area contributed by atoms with Crippen LogP contribution in [-0.4, -0.2) is 35.0 Å². The number of carbonyl (C=O) groups is 2. The zero-order valence-corrected chi connectivity index (χ0v) is 14.6. The van der Waals surface area contributed by atoms with Crippen LogP contribution in [0.2, 0.25) is 0 Å². The summed E-state index contributed by atoms with van der Waals surface area (Å²) in [4.78, 5) is 23.7. The summed E-state index contributed by atoms with van der Waals surface area (Å²) in [6.45, 7) is 5.67. The molecule has 2 heterocycles. The van der Waals surface area contributed by atoms with Crippen LogP contribution in [0.1, 0.15) is 40.0 Å². The van der Waals surface area contributed by atoms with E-state index in [0.717, 1.165) is 24.8 Å². The smallest absolute Gasteiger partial charge is 0.338 e. The van der Waals surface area contributed by atoms with E-state index >= 15 is 0 Å². The summed E-state index contributed by atoms with van der Waals surface area (Å²) in [6.07, 6.45) is 6.05. The summed E-state index contributed by atoms with van der Waals surface area (Å²) < 4.78 is 16.0. The van der Waals surface area contributed by atoms with Gasteiger partial charge in [0.15, 0.2) is 0 Å². The van der Waals surface area contributed by atoms with Crippen LogP contribution in [-0.2, 0) is 23.8 Å². The predicted molar refractivity (Wildman–Crippen MR) is 86.8 cm³/mol. The average molecular weight is 346 g/mol. The second kappa shape index (κ2) is 5.21. The Morgan fingerprint density at radius 2 is 2.00 bits per heavy atom. The monoisotopic (exact) mass is 346 g/mol. The van der Waals surface area contributed by atoms with E-state index in [2.05, 4.69) is 0 Å². The third kappa shape index (κ3) is 2.20. The number of fused-ring (bicyclic) bond motifs is 3. The molecule has 2 aliphatic heterocycles. The first-order chi connectivity index (χ1) is 11.7. The highest BCUT2D eigenvalue weighted by Crippen LogP contribution is 2.57. The van der Waals surface area contributed by atoms with E-state index in [4.69, 9.17) is 14.2 Å². The number of hydrogen-bond acceptors (Lipinski definition) is 6. The maximum atomic E-state index is 12.3. The van der Waals surface area contributed by atoms with Crippen molar-refractivity contribution in [2.75, 3.05) is 0 Å². The maximum Gasteiger partial charge on any atom is 0.338 e. The molecule has 2 fully saturated rings. The van der Waals surface area contributed by atoms with E-state index in [9.17, 15) is 14.7 Å². The molecular weight excluding hydrogens is 324 g/mol. The molecule has 0 radical (unpaired) electrons. The lowest BCUT2D eigenvalue weighted by molar-refractivity contribution is -0.164. The summed E-state index contributed by atoms with van der Waals surface area (Å²) in [5, 5.41) is 11.4. The number of rotatable bonds is 2. The number of hydrogen-bond donors (Lipinski definition) is 1. The summed E-state index contributed by atoms with van der Waals surface area (Å²) in [5.41, 5.74) is 0.261. The Morgan fingerprint density at radius 1 is 1.24 bits per heavy atom. The zero-order chi connectivity index (χ0) is 18.0. The molecule has 4 aliphatic rings. The van der Waals surface area contributed by atoms with Gasteiger partial charge in [0.2, 0.25) is 0 Å². The average Bonchev–Trinajstić information content (AvgIpc) is 3.11. The van der Waals surface area contributed by atoms with Crippen molar-refractivity contribution >= 4 is 11.9 Å². The number of aliphatic hydroxyl groups is 1. The van der Waals surface area contributed by atoms with Crippen LogP contribution in [0.4, 0.5) is 0 Å². The normalized spacial score (nSPS) is 40.2. The Hall–Kier alpha value is -2.08. The minimum atomic E-state index is -1.14. The number of esters is 2. The molecule has 2 aliphatic carbocycles. The lowest BCUT2D eigenvalue weighted by Gasteiger charge is -2.48. The standard InChI is InChI=1S/C19H22O6/c1-10-7-14(24-16(10)20)23-9-13-12-8-11-5-4-6-18(2,3)19(11,22)15(12)25-17(13)21/h7-9,12,14-15,22H,4-6H2,1-3H3/b13-9+. The molecule has 1 saturated carbocycles. The molecule has 6 nitrogen and oxygen atoms in total. The Morgan fingerprint density at radius 3 is 2.68 bits per heavy atom. The van der Waals surface area contributed by atoms with Crippen molar-refractivity contribution < 1.29 is 28.9 Å². The third-order valence-corrected chi connectivity index (χ3v) is 5.98. The summed E-state index contributed by atoms with van der Waals surface area (Å²) >= 11 is 0. The van der Waals surface area contributed by atoms with Crippen molar-refractivity contribution in [1.29, 1.82) is 0 Å². The van der Waals surface area contributed by atoms with Gasteiger partial charge in [-0.15, -0.1) is 0 Å². The van der Waals surface area contributed by atoms with Gasteiger partial charge >= 0.3 is 11.9 Å². The Bertz CT molecular complexity index is 743. The van der Waals surface area contributed by atoms with Crippen LogP contribution in [0.25, 0.3) is 0 Å². The molecule has 0 amide bonds. The van der Waals surface area contributed by atoms with Gasteiger partial charge in [-0.2, -0.15) is 0 Å². The molecule has 4 atom stereocenters. The fourth-order valence-electron chi connectivity index (χ4n) is 4.45. The van der Waals surface area contributed by atoms with Gasteiger partial charge in [-0.3, -0.25) is 0 Å². The second-order valence-corrected chi connectivity index (χ2v) is 7.88. The molecule has 0 bridgehead atoms. The first-order valence-corrected chi connectivity index (χ1v) is 8.63. The lowest BCUT2D eigenvalue weighted by Crippen LogP contribution is -2.55. The fourth-order valence-corrected chi connectivity index (χ4v) is 4.45. The second-order valence-electron chi connectivity index (χ2n) is 7.88. The number of ether oxygens (including phenoxy) is 3. The summed E-state index contributed by atoms with van der Waals surface area (Å²) in [6, 6.07) is 0. The summed E-state index contributed by atoms with van der Waals surface area (Å²) in [5.74, 6) is -1.27. The highest BCUT2D eigenvalue weighted by Gasteiger charge is 2.64. The Kier molecular flexibility index (Phi) is 3.41. The van der Waals surface area contributed by atoms with Crippen molar-refractivity contribution in [3.63, 3.8) is 0 Å². The highest BCUT2D eigenvalue weighted by molar-refractivity contribution is 5.93. The van der Waals surface area contributed by atoms with Crippen molar-refractivity contribution in [3.8, 4) is 0 Å². The van der Waals surface area contributed by atoms with Crippen LogP contribution < -0.4 is 0 Å². The van der Waals surface area contributed by atoms with Gasteiger partial charge in [0.25, 0.3) is 6.29 Å². The van der Waals surface area contributed by atoms with E-state index in [0.29, 0.717) is 11.1 Å². The molecular formula is C19H22O6. The van der Waals surface area contributed by atoms with Crippen LogP contribution in [0.5, 0.6) is 0 Å². The van der Waals surface area contributed by atoms with Gasteiger partial charge in [0.1, 0.15) is 11.7 Å². The van der Waals surface area contributed by atoms with Gasteiger partial charge in [-0.1, -0.05) is 19.9 Å². The van der Waals surface area contributed by atoms with Crippen LogP contribution in [0.3, 0.4) is 0 Å². The molecule has 134 valence electrons. The topological polar surface area (TPSA) is 82.1 Å². The largest absolute Gasteiger partial charge is 0.458 e. The summed E-state index contributed by atoms with van der Waals surface area (Å²) in [7, 11) is 0. The Balaban J connectivity index is 1.61. The van der Waals surface area contributed by atoms with Gasteiger partial charge in [0.05, 0.1) is 17.8 Å². The van der Waals surface area contributed by atoms with Crippen molar-refractivity contribution in [2.45, 2.75) is 58.0 Å². The van der Waals surface area contributed by atoms with E-state index in [1.165, 1.54) is 6.26 Å². The first kappa shape index (κ1) is 16.4. The molecule has 0 aromatic carbocycles. The molecule has 1 saturated heterocycles. The van der Waals surface area contributed by atoms with E-state index in [1.807, 2.05) is 19.9 Å². The Labute approximate surface area is 146 Å². The molecule has 25 heavy (non-hydrogen) atoms. The van der Waals surface area contributed by atoms with Gasteiger partial charge < -0.3 is 19.3 Å². The van der Waals surface area contributed by atoms with Crippen molar-refractivity contribution in [3.05, 3.63) is 35.1 Å². The lowest BCUT2D eigenvalue weighted by atomic mass is 9.62. The predicted octanol–water partition coefficient (Wildman–Crippen LogP) is 2.14. The zero-order valence-electron chi connectivity index (χ0n) is 14.6. The molecule has 6 heteroatoms. The van der Waals surface area contributed by atoms with Crippen molar-refractivity contribution in [1.82, 2.24) is 0 Å². The molecule has 4 unspecified atom stereocenters. The van der Waals surface area contributed by atoms with E-state index < -0.39 is 29.9 Å². The van der Waals surface area contributed by atoms with Crippen LogP contribution in [0, 0.1) is 11.3 Å². The minimum Gasteiger partial charge on any atom is -0.458 e. The maximum absolute atomic E-state index is 12.3. The van der Waals surface area contributed by atoms with Gasteiger partial charge in [-0.25, -0.2) is 9.59 Å². The third-order valence-electron chi connectivity index (χ3n) is 5.98. The van der Waals surface area contributed by atoms with Gasteiger partial charge in [-0.05, 0) is 31.8 Å². The number of cyclic esters (lactones) is 1.